The van der Waals surface area contributed by atoms with Gasteiger partial charge in [0, 0.05) is 17.9 Å². The lowest BCUT2D eigenvalue weighted by atomic mass is 10.0. The van der Waals surface area contributed by atoms with Gasteiger partial charge in [-0.25, -0.2) is 4.39 Å². The van der Waals surface area contributed by atoms with Gasteiger partial charge in [-0.15, -0.1) is 0 Å². The zero-order valence-electron chi connectivity index (χ0n) is 13.7. The molecule has 128 valence electrons. The quantitative estimate of drug-likeness (QED) is 0.933. The van der Waals surface area contributed by atoms with Gasteiger partial charge in [-0.3, -0.25) is 9.59 Å². The summed E-state index contributed by atoms with van der Waals surface area (Å²) in [6, 6.07) is 13.7. The van der Waals surface area contributed by atoms with Crippen molar-refractivity contribution in [2.24, 2.45) is 11.8 Å². The third-order valence-corrected chi connectivity index (χ3v) is 4.91. The molecular weight excluding hydrogens is 319 g/mol. The highest BCUT2D eigenvalue weighted by Gasteiger charge is 2.50. The van der Waals surface area contributed by atoms with Crippen molar-refractivity contribution in [3.63, 3.8) is 0 Å². The largest absolute Gasteiger partial charge is 0.326 e. The molecule has 0 aromatic heterocycles. The number of amides is 2. The number of para-hydroxylation sites is 1. The summed E-state index contributed by atoms with van der Waals surface area (Å²) >= 11 is 0. The second-order valence-corrected chi connectivity index (χ2v) is 6.67. The van der Waals surface area contributed by atoms with E-state index in [0.29, 0.717) is 18.7 Å². The first-order valence-corrected chi connectivity index (χ1v) is 8.59. The molecule has 0 radical (unpaired) electrons. The van der Waals surface area contributed by atoms with E-state index in [4.69, 9.17) is 0 Å². The summed E-state index contributed by atoms with van der Waals surface area (Å²) in [5.74, 6) is -1.20. The zero-order valence-corrected chi connectivity index (χ0v) is 13.7. The summed E-state index contributed by atoms with van der Waals surface area (Å²) in [4.78, 5) is 27.0. The molecule has 1 fully saturated rings. The first kappa shape index (κ1) is 15.8. The smallest absolute Gasteiger partial charge is 0.230 e. The number of benzene rings is 2. The molecule has 1 N–H and O–H groups in total. The van der Waals surface area contributed by atoms with Gasteiger partial charge in [0.1, 0.15) is 5.82 Å². The van der Waals surface area contributed by atoms with Crippen molar-refractivity contribution in [1.29, 1.82) is 0 Å². The Morgan fingerprint density at radius 3 is 2.76 bits per heavy atom. The van der Waals surface area contributed by atoms with E-state index in [1.165, 1.54) is 17.7 Å². The van der Waals surface area contributed by atoms with E-state index in [-0.39, 0.29) is 23.7 Å². The van der Waals surface area contributed by atoms with Crippen molar-refractivity contribution >= 4 is 23.2 Å². The molecule has 0 spiro atoms. The minimum Gasteiger partial charge on any atom is -0.326 e. The summed E-state index contributed by atoms with van der Waals surface area (Å²) in [7, 11) is 0. The Morgan fingerprint density at radius 1 is 1.08 bits per heavy atom. The highest BCUT2D eigenvalue weighted by Crippen LogP contribution is 2.42. The molecule has 2 aromatic carbocycles. The minimum absolute atomic E-state index is 0.0199. The minimum atomic E-state index is -0.397. The van der Waals surface area contributed by atoms with Crippen LogP contribution in [0.25, 0.3) is 0 Å². The fourth-order valence-electron chi connectivity index (χ4n) is 3.52. The SMILES string of the molecule is O=C(Nc1cccc(F)c1)C1CC1C(=O)N1CCCc2ccccc21. The molecule has 25 heavy (non-hydrogen) atoms. The maximum atomic E-state index is 13.2. The normalized spacial score (nSPS) is 21.4. The van der Waals surface area contributed by atoms with Gasteiger partial charge in [-0.2, -0.15) is 0 Å². The van der Waals surface area contributed by atoms with Crippen molar-refractivity contribution in [3.8, 4) is 0 Å². The van der Waals surface area contributed by atoms with Crippen molar-refractivity contribution < 1.29 is 14.0 Å². The number of rotatable bonds is 3. The fraction of sp³-hybridized carbons (Fsp3) is 0.300. The van der Waals surface area contributed by atoms with Gasteiger partial charge in [-0.05, 0) is 49.1 Å². The van der Waals surface area contributed by atoms with Crippen molar-refractivity contribution in [2.45, 2.75) is 19.3 Å². The van der Waals surface area contributed by atoms with E-state index in [0.717, 1.165) is 18.5 Å². The third kappa shape index (κ3) is 3.14. The third-order valence-electron chi connectivity index (χ3n) is 4.91. The van der Waals surface area contributed by atoms with Gasteiger partial charge < -0.3 is 10.2 Å². The zero-order chi connectivity index (χ0) is 17.4. The van der Waals surface area contributed by atoms with Crippen molar-refractivity contribution in [1.82, 2.24) is 0 Å². The van der Waals surface area contributed by atoms with Crippen LogP contribution < -0.4 is 10.2 Å². The van der Waals surface area contributed by atoms with E-state index >= 15 is 0 Å². The number of halogens is 1. The summed E-state index contributed by atoms with van der Waals surface area (Å²) in [5.41, 5.74) is 2.57. The molecule has 2 aliphatic rings. The Hall–Kier alpha value is -2.69. The monoisotopic (exact) mass is 338 g/mol. The lowest BCUT2D eigenvalue weighted by molar-refractivity contribution is -0.123. The van der Waals surface area contributed by atoms with Gasteiger partial charge in [0.05, 0.1) is 11.8 Å². The Labute approximate surface area is 145 Å². The van der Waals surface area contributed by atoms with Gasteiger partial charge in [0.15, 0.2) is 0 Å². The average molecular weight is 338 g/mol. The number of aryl methyl sites for hydroxylation is 1. The van der Waals surface area contributed by atoms with Crippen LogP contribution in [-0.4, -0.2) is 18.4 Å². The van der Waals surface area contributed by atoms with Crippen molar-refractivity contribution in [3.05, 3.63) is 59.9 Å². The predicted octanol–water partition coefficient (Wildman–Crippen LogP) is 3.38. The standard InChI is InChI=1S/C20H19FN2O2/c21-14-7-3-8-15(11-14)22-19(24)16-12-17(16)20(25)23-10-4-6-13-5-1-2-9-18(13)23/h1-3,5,7-9,11,16-17H,4,6,10,12H2,(H,22,24). The molecule has 2 aromatic rings. The van der Waals surface area contributed by atoms with Crippen LogP contribution in [0.2, 0.25) is 0 Å². The summed E-state index contributed by atoms with van der Waals surface area (Å²) in [6.07, 6.45) is 2.47. The van der Waals surface area contributed by atoms with Crippen LogP contribution in [-0.2, 0) is 16.0 Å². The van der Waals surface area contributed by atoms with E-state index in [1.54, 1.807) is 12.1 Å². The maximum Gasteiger partial charge on any atom is 0.230 e. The van der Waals surface area contributed by atoms with E-state index in [1.807, 2.05) is 23.1 Å². The van der Waals surface area contributed by atoms with E-state index in [9.17, 15) is 14.0 Å². The number of hydrogen-bond acceptors (Lipinski definition) is 2. The molecule has 0 bridgehead atoms. The summed E-state index contributed by atoms with van der Waals surface area (Å²) < 4.78 is 13.2. The van der Waals surface area contributed by atoms with Crippen LogP contribution in [0.3, 0.4) is 0 Å². The second kappa shape index (κ2) is 6.31. The number of anilines is 2. The lowest BCUT2D eigenvalue weighted by Crippen LogP contribution is -2.37. The molecule has 4 rings (SSSR count). The molecule has 2 amide bonds. The Bertz CT molecular complexity index is 836. The number of nitrogens with zero attached hydrogens (tertiary/aromatic N) is 1. The lowest BCUT2D eigenvalue weighted by Gasteiger charge is -2.29. The first-order valence-electron chi connectivity index (χ1n) is 8.59. The molecule has 4 nitrogen and oxygen atoms in total. The molecule has 1 heterocycles. The van der Waals surface area contributed by atoms with Gasteiger partial charge in [0.2, 0.25) is 11.8 Å². The van der Waals surface area contributed by atoms with E-state index in [2.05, 4.69) is 11.4 Å². The predicted molar refractivity (Wildman–Crippen MR) is 93.7 cm³/mol. The fourth-order valence-corrected chi connectivity index (χ4v) is 3.52. The van der Waals surface area contributed by atoms with Gasteiger partial charge in [-0.1, -0.05) is 24.3 Å². The van der Waals surface area contributed by atoms with Crippen LogP contribution in [0.1, 0.15) is 18.4 Å². The van der Waals surface area contributed by atoms with Crippen molar-refractivity contribution in [2.75, 3.05) is 16.8 Å². The summed E-state index contributed by atoms with van der Waals surface area (Å²) in [5, 5.41) is 2.70. The molecule has 1 aliphatic carbocycles. The van der Waals surface area contributed by atoms with Crippen LogP contribution >= 0.6 is 0 Å². The van der Waals surface area contributed by atoms with Gasteiger partial charge >= 0.3 is 0 Å². The number of nitrogens with one attached hydrogen (secondary N) is 1. The molecule has 1 aliphatic heterocycles. The number of hydrogen-bond donors (Lipinski definition) is 1. The topological polar surface area (TPSA) is 49.4 Å². The van der Waals surface area contributed by atoms with Crippen LogP contribution in [0, 0.1) is 17.7 Å². The highest BCUT2D eigenvalue weighted by atomic mass is 19.1. The number of carbonyl (C=O) groups is 2. The van der Waals surface area contributed by atoms with E-state index < -0.39 is 5.82 Å². The second-order valence-electron chi connectivity index (χ2n) is 6.67. The van der Waals surface area contributed by atoms with Gasteiger partial charge in [0.25, 0.3) is 0 Å². The molecule has 0 saturated heterocycles. The Balaban J connectivity index is 1.43. The molecule has 2 atom stereocenters. The summed E-state index contributed by atoms with van der Waals surface area (Å²) in [6.45, 7) is 0.699. The number of carbonyl (C=O) groups excluding carboxylic acids is 2. The maximum absolute atomic E-state index is 13.2. The van der Waals surface area contributed by atoms with Crippen LogP contribution in [0.4, 0.5) is 15.8 Å². The number of fused-ring (bicyclic) bond motifs is 1. The first-order chi connectivity index (χ1) is 12.1. The Kier molecular flexibility index (Phi) is 3.99. The molecule has 1 saturated carbocycles. The molecular formula is C20H19FN2O2. The average Bonchev–Trinajstić information content (AvgIpc) is 3.41. The highest BCUT2D eigenvalue weighted by molar-refractivity contribution is 6.04. The molecule has 5 heteroatoms. The van der Waals surface area contributed by atoms with Crippen LogP contribution in [0.15, 0.2) is 48.5 Å². The Morgan fingerprint density at radius 2 is 1.92 bits per heavy atom. The molecule has 2 unspecified atom stereocenters. The van der Waals surface area contributed by atoms with Crippen LogP contribution in [0.5, 0.6) is 0 Å².